The molecule has 0 heterocycles. The van der Waals surface area contributed by atoms with E-state index < -0.39 is 5.41 Å². The summed E-state index contributed by atoms with van der Waals surface area (Å²) >= 11 is 0. The van der Waals surface area contributed by atoms with Crippen molar-refractivity contribution in [3.63, 3.8) is 0 Å². The van der Waals surface area contributed by atoms with Crippen LogP contribution in [0.5, 0.6) is 5.75 Å². The number of Topliss-reactive ketones (excluding diaryl/α,β-unsaturated/α-hetero) is 1. The number of rotatable bonds is 3. The molecule has 1 aromatic carbocycles. The summed E-state index contributed by atoms with van der Waals surface area (Å²) in [5.74, 6) is 0.0913. The highest BCUT2D eigenvalue weighted by Gasteiger charge is 2.51. The Balaban J connectivity index is 2.17. The van der Waals surface area contributed by atoms with Crippen molar-refractivity contribution in [1.82, 2.24) is 0 Å². The average molecular weight is 236 g/mol. The molecule has 1 aliphatic carbocycles. The van der Waals surface area contributed by atoms with Gasteiger partial charge in [0, 0.05) is 6.42 Å². The van der Waals surface area contributed by atoms with E-state index in [-0.39, 0.29) is 23.5 Å². The van der Waals surface area contributed by atoms with Crippen LogP contribution in [0.1, 0.15) is 32.3 Å². The molecule has 1 aromatic rings. The molecule has 1 saturated carbocycles. The zero-order chi connectivity index (χ0) is 12.6. The van der Waals surface area contributed by atoms with Crippen molar-refractivity contribution in [2.45, 2.75) is 39.7 Å². The molecule has 0 aromatic heterocycles. The van der Waals surface area contributed by atoms with E-state index in [2.05, 4.69) is 0 Å². The van der Waals surface area contributed by atoms with Gasteiger partial charge in [0.15, 0.2) is 11.6 Å². The van der Waals surface area contributed by atoms with Crippen molar-refractivity contribution in [3.8, 4) is 5.75 Å². The molecule has 92 valence electrons. The summed E-state index contributed by atoms with van der Waals surface area (Å²) in [6.07, 6.45) is 0.915. The van der Waals surface area contributed by atoms with Crippen LogP contribution in [0.25, 0.3) is 0 Å². The molecule has 0 saturated heterocycles. The lowest BCUT2D eigenvalue weighted by Gasteiger charge is -2.44. The van der Waals surface area contributed by atoms with Gasteiger partial charge in [0.05, 0.1) is 5.41 Å². The van der Waals surface area contributed by atoms with Gasteiger partial charge in [-0.1, -0.05) is 13.0 Å². The predicted octanol–water partition coefficient (Wildman–Crippen LogP) is 3.27. The van der Waals surface area contributed by atoms with E-state index in [1.807, 2.05) is 20.8 Å². The quantitative estimate of drug-likeness (QED) is 0.805. The summed E-state index contributed by atoms with van der Waals surface area (Å²) in [6.45, 7) is 5.73. The molecule has 0 N–H and O–H groups in total. The first-order chi connectivity index (χ1) is 7.97. The molecule has 0 bridgehead atoms. The van der Waals surface area contributed by atoms with Crippen molar-refractivity contribution in [1.29, 1.82) is 0 Å². The molecule has 0 spiro atoms. The maximum Gasteiger partial charge on any atom is 0.165 e. The molecule has 2 unspecified atom stereocenters. The van der Waals surface area contributed by atoms with Gasteiger partial charge in [0.1, 0.15) is 11.9 Å². The molecule has 17 heavy (non-hydrogen) atoms. The molecule has 2 atom stereocenters. The number of carbonyl (C=O) groups is 1. The number of aryl methyl sites for hydroxylation is 1. The number of ether oxygens (including phenoxy) is 1. The Morgan fingerprint density at radius 3 is 2.82 bits per heavy atom. The van der Waals surface area contributed by atoms with Crippen LogP contribution in [-0.2, 0) is 4.79 Å². The van der Waals surface area contributed by atoms with Crippen LogP contribution in [0.2, 0.25) is 0 Å². The number of halogens is 1. The van der Waals surface area contributed by atoms with Crippen molar-refractivity contribution >= 4 is 5.78 Å². The monoisotopic (exact) mass is 236 g/mol. The fourth-order valence-corrected chi connectivity index (χ4v) is 2.13. The van der Waals surface area contributed by atoms with E-state index >= 15 is 0 Å². The third-order valence-electron chi connectivity index (χ3n) is 3.81. The van der Waals surface area contributed by atoms with Gasteiger partial charge in [-0.15, -0.1) is 0 Å². The summed E-state index contributed by atoms with van der Waals surface area (Å²) < 4.78 is 19.2. The van der Waals surface area contributed by atoms with Crippen LogP contribution in [0, 0.1) is 18.2 Å². The largest absolute Gasteiger partial charge is 0.486 e. The highest BCUT2D eigenvalue weighted by atomic mass is 19.1. The normalized spacial score (nSPS) is 27.8. The van der Waals surface area contributed by atoms with E-state index in [1.165, 1.54) is 6.07 Å². The fraction of sp³-hybridized carbons (Fsp3) is 0.500. The van der Waals surface area contributed by atoms with E-state index in [0.29, 0.717) is 6.42 Å². The van der Waals surface area contributed by atoms with Gasteiger partial charge in [0.25, 0.3) is 0 Å². The predicted molar refractivity (Wildman–Crippen MR) is 63.6 cm³/mol. The smallest absolute Gasteiger partial charge is 0.165 e. The lowest BCUT2D eigenvalue weighted by atomic mass is 9.64. The van der Waals surface area contributed by atoms with Crippen molar-refractivity contribution < 1.29 is 13.9 Å². The third kappa shape index (κ3) is 1.94. The first kappa shape index (κ1) is 12.1. The summed E-state index contributed by atoms with van der Waals surface area (Å²) in [5.41, 5.74) is 0.501. The molecular weight excluding hydrogens is 219 g/mol. The first-order valence-electron chi connectivity index (χ1n) is 5.93. The van der Waals surface area contributed by atoms with Gasteiger partial charge in [-0.3, -0.25) is 4.79 Å². The SMILES string of the molecule is CCC1(C)C(=O)CC1Oc1cc(C)ccc1F. The van der Waals surface area contributed by atoms with Gasteiger partial charge in [-0.25, -0.2) is 4.39 Å². The number of benzene rings is 1. The second-order valence-electron chi connectivity index (χ2n) is 4.94. The van der Waals surface area contributed by atoms with Crippen molar-refractivity contribution in [2.75, 3.05) is 0 Å². The highest BCUT2D eigenvalue weighted by Crippen LogP contribution is 2.42. The van der Waals surface area contributed by atoms with Crippen LogP contribution in [0.3, 0.4) is 0 Å². The molecule has 2 nitrogen and oxygen atoms in total. The molecule has 2 rings (SSSR count). The second-order valence-corrected chi connectivity index (χ2v) is 4.94. The first-order valence-corrected chi connectivity index (χ1v) is 5.93. The van der Waals surface area contributed by atoms with Crippen molar-refractivity contribution in [2.24, 2.45) is 5.41 Å². The molecule has 0 aliphatic heterocycles. The molecule has 3 heteroatoms. The highest BCUT2D eigenvalue weighted by molar-refractivity contribution is 5.92. The Kier molecular flexibility index (Phi) is 2.94. The number of hydrogen-bond donors (Lipinski definition) is 0. The zero-order valence-corrected chi connectivity index (χ0v) is 10.4. The van der Waals surface area contributed by atoms with Crippen LogP contribution in [0.4, 0.5) is 4.39 Å². The van der Waals surface area contributed by atoms with Crippen LogP contribution < -0.4 is 4.74 Å². The molecule has 1 aliphatic rings. The topological polar surface area (TPSA) is 26.3 Å². The maximum absolute atomic E-state index is 13.5. The standard InChI is InChI=1S/C14H17FO2/c1-4-14(3)12(16)8-13(14)17-11-7-9(2)5-6-10(11)15/h5-7,13H,4,8H2,1-3H3. The lowest BCUT2D eigenvalue weighted by Crippen LogP contribution is -2.54. The minimum Gasteiger partial charge on any atom is -0.486 e. The molecular formula is C14H17FO2. The van der Waals surface area contributed by atoms with Crippen LogP contribution >= 0.6 is 0 Å². The minimum atomic E-state index is -0.448. The van der Waals surface area contributed by atoms with E-state index in [1.54, 1.807) is 12.1 Å². The average Bonchev–Trinajstić information content (AvgIpc) is 2.32. The van der Waals surface area contributed by atoms with Crippen LogP contribution in [-0.4, -0.2) is 11.9 Å². The molecule has 0 radical (unpaired) electrons. The minimum absolute atomic E-state index is 0.198. The molecule has 1 fully saturated rings. The number of hydrogen-bond acceptors (Lipinski definition) is 2. The Labute approximate surface area is 101 Å². The lowest BCUT2D eigenvalue weighted by molar-refractivity contribution is -0.150. The third-order valence-corrected chi connectivity index (χ3v) is 3.81. The number of ketones is 1. The van der Waals surface area contributed by atoms with E-state index in [0.717, 1.165) is 12.0 Å². The Morgan fingerprint density at radius 2 is 2.24 bits per heavy atom. The maximum atomic E-state index is 13.5. The van der Waals surface area contributed by atoms with Gasteiger partial charge in [-0.2, -0.15) is 0 Å². The fourth-order valence-electron chi connectivity index (χ4n) is 2.13. The van der Waals surface area contributed by atoms with Gasteiger partial charge in [-0.05, 0) is 38.0 Å². The Morgan fingerprint density at radius 1 is 1.53 bits per heavy atom. The van der Waals surface area contributed by atoms with Crippen LogP contribution in [0.15, 0.2) is 18.2 Å². The molecule has 0 amide bonds. The van der Waals surface area contributed by atoms with E-state index in [9.17, 15) is 9.18 Å². The summed E-state index contributed by atoms with van der Waals surface area (Å²) in [7, 11) is 0. The Hall–Kier alpha value is -1.38. The van der Waals surface area contributed by atoms with Gasteiger partial charge >= 0.3 is 0 Å². The summed E-state index contributed by atoms with van der Waals surface area (Å²) in [5, 5.41) is 0. The second kappa shape index (κ2) is 4.13. The Bertz CT molecular complexity index is 456. The van der Waals surface area contributed by atoms with Gasteiger partial charge < -0.3 is 4.74 Å². The zero-order valence-electron chi connectivity index (χ0n) is 10.4. The van der Waals surface area contributed by atoms with Gasteiger partial charge in [0.2, 0.25) is 0 Å². The number of carbonyl (C=O) groups excluding carboxylic acids is 1. The summed E-state index contributed by atoms with van der Waals surface area (Å²) in [6, 6.07) is 4.77. The van der Waals surface area contributed by atoms with E-state index in [4.69, 9.17) is 4.74 Å². The summed E-state index contributed by atoms with van der Waals surface area (Å²) in [4.78, 5) is 11.6. The van der Waals surface area contributed by atoms with Crippen molar-refractivity contribution in [3.05, 3.63) is 29.6 Å².